The lowest BCUT2D eigenvalue weighted by molar-refractivity contribution is -0.144. The highest BCUT2D eigenvalue weighted by Crippen LogP contribution is 2.22. The van der Waals surface area contributed by atoms with Crippen molar-refractivity contribution in [3.05, 3.63) is 47.5 Å². The van der Waals surface area contributed by atoms with E-state index < -0.39 is 50.0 Å². The van der Waals surface area contributed by atoms with Crippen LogP contribution in [0.15, 0.2) is 30.5 Å². The maximum Gasteiger partial charge on any atom is 0.390 e. The van der Waals surface area contributed by atoms with E-state index in [1.54, 1.807) is 18.2 Å². The number of carbonyl (C=O) groups is 2. The molecule has 230 valence electrons. The van der Waals surface area contributed by atoms with Crippen LogP contribution >= 0.6 is 0 Å². The largest absolute Gasteiger partial charge is 0.390 e. The van der Waals surface area contributed by atoms with Gasteiger partial charge in [-0.2, -0.15) is 31.4 Å². The molecule has 2 aromatic heterocycles. The molecule has 0 saturated heterocycles. The van der Waals surface area contributed by atoms with E-state index in [1.165, 1.54) is 12.3 Å². The molecule has 0 spiro atoms. The van der Waals surface area contributed by atoms with Gasteiger partial charge in [-0.1, -0.05) is 47.6 Å². The number of benzene rings is 1. The van der Waals surface area contributed by atoms with Gasteiger partial charge in [0.15, 0.2) is 0 Å². The highest BCUT2D eigenvalue weighted by atomic mass is 19.4. The lowest BCUT2D eigenvalue weighted by Gasteiger charge is -2.09. The predicted octanol–water partition coefficient (Wildman–Crippen LogP) is 6.68. The number of fused-ring (bicyclic) bond motifs is 1. The standard InChI is InChI=1S/C20H20F6N6O2.C5H12.C2H6/c21-19(22,23)5-3-17(33)27-10-12-1-2-13-14(9-12)31-16(30-13)11-28-18(34)15-4-7-29-32(15)8-6-20(24,25)26;1-5(2,3)4;1-2/h1-2,4,7,9H,3,5-6,8,10-11H2,(H,27,33)(H,28,34)(H,30,31);1-4H3;1-2H3. The number of amides is 2. The average Bonchev–Trinajstić information content (AvgIpc) is 3.49. The molecule has 0 radical (unpaired) electrons. The number of aryl methyl sites for hydroxylation is 1. The number of rotatable bonds is 9. The summed E-state index contributed by atoms with van der Waals surface area (Å²) in [6, 6.07) is 6.25. The Balaban J connectivity index is 0.00000108. The summed E-state index contributed by atoms with van der Waals surface area (Å²) in [5.74, 6) is -0.974. The quantitative estimate of drug-likeness (QED) is 0.241. The predicted molar refractivity (Wildman–Crippen MR) is 144 cm³/mol. The molecule has 0 atom stereocenters. The van der Waals surface area contributed by atoms with Crippen molar-refractivity contribution >= 4 is 22.8 Å². The molecule has 3 aromatic rings. The number of imidazole rings is 1. The smallest absolute Gasteiger partial charge is 0.352 e. The van der Waals surface area contributed by atoms with Crippen molar-refractivity contribution in [2.75, 3.05) is 0 Å². The molecule has 8 nitrogen and oxygen atoms in total. The number of aromatic nitrogens is 4. The zero-order valence-corrected chi connectivity index (χ0v) is 24.1. The zero-order valence-electron chi connectivity index (χ0n) is 24.1. The van der Waals surface area contributed by atoms with Gasteiger partial charge in [0.2, 0.25) is 5.91 Å². The Hall–Kier alpha value is -3.58. The zero-order chi connectivity index (χ0) is 31.4. The van der Waals surface area contributed by atoms with Crippen LogP contribution in [-0.4, -0.2) is 43.9 Å². The van der Waals surface area contributed by atoms with Crippen molar-refractivity contribution in [2.45, 2.75) is 92.8 Å². The van der Waals surface area contributed by atoms with Gasteiger partial charge in [-0.3, -0.25) is 14.3 Å². The first-order valence-corrected chi connectivity index (χ1v) is 13.1. The number of aromatic amines is 1. The number of nitrogens with one attached hydrogen (secondary N) is 3. The molecule has 14 heteroatoms. The van der Waals surface area contributed by atoms with Crippen LogP contribution in [-0.2, 0) is 24.4 Å². The van der Waals surface area contributed by atoms with Crippen molar-refractivity contribution in [1.82, 2.24) is 30.4 Å². The van der Waals surface area contributed by atoms with E-state index in [4.69, 9.17) is 0 Å². The van der Waals surface area contributed by atoms with Gasteiger partial charge >= 0.3 is 12.4 Å². The van der Waals surface area contributed by atoms with E-state index in [0.717, 1.165) is 4.68 Å². The van der Waals surface area contributed by atoms with Crippen molar-refractivity contribution in [3.63, 3.8) is 0 Å². The van der Waals surface area contributed by atoms with Crippen LogP contribution in [0.2, 0.25) is 0 Å². The highest BCUT2D eigenvalue weighted by molar-refractivity contribution is 5.92. The Morgan fingerprint density at radius 1 is 0.902 bits per heavy atom. The van der Waals surface area contributed by atoms with Crippen molar-refractivity contribution in [3.8, 4) is 0 Å². The molecule has 2 heterocycles. The fourth-order valence-electron chi connectivity index (χ4n) is 3.04. The minimum Gasteiger partial charge on any atom is -0.352 e. The molecular weight excluding hydrogens is 554 g/mol. The van der Waals surface area contributed by atoms with E-state index in [-0.39, 0.29) is 18.8 Å². The van der Waals surface area contributed by atoms with Gasteiger partial charge in [0.05, 0.1) is 37.0 Å². The Morgan fingerprint density at radius 3 is 2.10 bits per heavy atom. The monoisotopic (exact) mass is 592 g/mol. The molecule has 3 N–H and O–H groups in total. The molecule has 0 unspecified atom stereocenters. The lowest BCUT2D eigenvalue weighted by Crippen LogP contribution is -2.27. The first kappa shape index (κ1) is 35.4. The van der Waals surface area contributed by atoms with Gasteiger partial charge in [0.1, 0.15) is 11.5 Å². The normalized spacial score (nSPS) is 11.7. The fourth-order valence-corrected chi connectivity index (χ4v) is 3.04. The summed E-state index contributed by atoms with van der Waals surface area (Å²) in [5.41, 5.74) is 2.22. The van der Waals surface area contributed by atoms with Crippen LogP contribution in [0.4, 0.5) is 26.3 Å². The topological polar surface area (TPSA) is 105 Å². The van der Waals surface area contributed by atoms with Crippen LogP contribution in [0.25, 0.3) is 11.0 Å². The summed E-state index contributed by atoms with van der Waals surface area (Å²) < 4.78 is 74.8. The molecule has 41 heavy (non-hydrogen) atoms. The highest BCUT2D eigenvalue weighted by Gasteiger charge is 2.28. The summed E-state index contributed by atoms with van der Waals surface area (Å²) in [6.45, 7) is 12.3. The van der Waals surface area contributed by atoms with Crippen molar-refractivity contribution in [2.24, 2.45) is 5.41 Å². The SMILES string of the molecule is CC.CC(C)(C)C.O=C(CCC(F)(F)F)NCc1ccc2nc(CNC(=O)c3ccnn3CCC(F)(F)F)[nH]c2c1. The summed E-state index contributed by atoms with van der Waals surface area (Å²) in [6.07, 6.45) is -10.5. The summed E-state index contributed by atoms with van der Waals surface area (Å²) in [4.78, 5) is 31.2. The third-order valence-electron chi connectivity index (χ3n) is 4.69. The van der Waals surface area contributed by atoms with E-state index in [1.807, 2.05) is 13.8 Å². The fraction of sp³-hybridized carbons (Fsp3) is 0.556. The maximum atomic E-state index is 12.4. The van der Waals surface area contributed by atoms with Gasteiger partial charge in [0, 0.05) is 19.2 Å². The molecular formula is C27H38F6N6O2. The summed E-state index contributed by atoms with van der Waals surface area (Å²) in [5, 5.41) is 8.71. The second-order valence-corrected chi connectivity index (χ2v) is 10.4. The van der Waals surface area contributed by atoms with E-state index in [2.05, 4.69) is 53.4 Å². The Bertz CT molecular complexity index is 1240. The number of H-pyrrole nitrogens is 1. The van der Waals surface area contributed by atoms with Crippen LogP contribution in [0.5, 0.6) is 0 Å². The first-order valence-electron chi connectivity index (χ1n) is 13.1. The Labute approximate surface area is 235 Å². The first-order chi connectivity index (χ1) is 18.9. The minimum absolute atomic E-state index is 0.0242. The minimum atomic E-state index is -4.40. The van der Waals surface area contributed by atoms with E-state index in [9.17, 15) is 35.9 Å². The molecule has 0 aliphatic heterocycles. The van der Waals surface area contributed by atoms with Crippen LogP contribution in [0.3, 0.4) is 0 Å². The second kappa shape index (κ2) is 15.4. The van der Waals surface area contributed by atoms with Crippen LogP contribution in [0, 0.1) is 5.41 Å². The Kier molecular flexibility index (Phi) is 13.3. The van der Waals surface area contributed by atoms with Gasteiger partial charge in [-0.05, 0) is 29.2 Å². The summed E-state index contributed by atoms with van der Waals surface area (Å²) >= 11 is 0. The molecule has 1 aromatic carbocycles. The van der Waals surface area contributed by atoms with Gasteiger partial charge in [0.25, 0.3) is 5.91 Å². The molecule has 2 amide bonds. The molecule has 0 aliphatic carbocycles. The number of hydrogen-bond donors (Lipinski definition) is 3. The second-order valence-electron chi connectivity index (χ2n) is 10.4. The van der Waals surface area contributed by atoms with Crippen LogP contribution in [0.1, 0.15) is 82.7 Å². The van der Waals surface area contributed by atoms with Gasteiger partial charge in [-0.25, -0.2) is 4.98 Å². The molecule has 0 bridgehead atoms. The van der Waals surface area contributed by atoms with Gasteiger partial charge < -0.3 is 15.6 Å². The number of alkyl halides is 6. The van der Waals surface area contributed by atoms with E-state index >= 15 is 0 Å². The van der Waals surface area contributed by atoms with E-state index in [0.29, 0.717) is 27.8 Å². The number of nitrogens with zero attached hydrogens (tertiary/aromatic N) is 3. The maximum absolute atomic E-state index is 12.4. The average molecular weight is 593 g/mol. The third-order valence-corrected chi connectivity index (χ3v) is 4.69. The number of carbonyl (C=O) groups excluding carboxylic acids is 2. The third kappa shape index (κ3) is 15.1. The molecule has 0 saturated carbocycles. The van der Waals surface area contributed by atoms with Crippen LogP contribution < -0.4 is 10.6 Å². The molecule has 3 rings (SSSR count). The summed E-state index contributed by atoms with van der Waals surface area (Å²) in [7, 11) is 0. The lowest BCUT2D eigenvalue weighted by atomic mass is 10.0. The number of hydrogen-bond acceptors (Lipinski definition) is 4. The van der Waals surface area contributed by atoms with Gasteiger partial charge in [-0.15, -0.1) is 0 Å². The molecule has 0 fully saturated rings. The Morgan fingerprint density at radius 2 is 1.51 bits per heavy atom. The van der Waals surface area contributed by atoms with Crippen molar-refractivity contribution in [1.29, 1.82) is 0 Å². The molecule has 0 aliphatic rings. The van der Waals surface area contributed by atoms with Crippen molar-refractivity contribution < 1.29 is 35.9 Å². The number of halogens is 6.